The second-order valence-corrected chi connectivity index (χ2v) is 6.25. The van der Waals surface area contributed by atoms with E-state index in [1.807, 2.05) is 11.4 Å². The average Bonchev–Trinajstić information content (AvgIpc) is 3.21. The molecule has 0 radical (unpaired) electrons. The van der Waals surface area contributed by atoms with Crippen molar-refractivity contribution in [1.82, 2.24) is 24.3 Å². The van der Waals surface area contributed by atoms with E-state index in [-0.39, 0.29) is 16.9 Å². The van der Waals surface area contributed by atoms with E-state index in [1.165, 1.54) is 22.2 Å². The zero-order valence-electron chi connectivity index (χ0n) is 12.2. The van der Waals surface area contributed by atoms with Gasteiger partial charge < -0.3 is 5.32 Å². The fraction of sp³-hybridized carbons (Fsp3) is 0.357. The largest absolute Gasteiger partial charge is 0.362 e. The Kier molecular flexibility index (Phi) is 3.41. The van der Waals surface area contributed by atoms with Gasteiger partial charge in [-0.05, 0) is 17.9 Å². The van der Waals surface area contributed by atoms with Gasteiger partial charge in [0.1, 0.15) is 10.5 Å². The van der Waals surface area contributed by atoms with Gasteiger partial charge in [0.05, 0.1) is 11.8 Å². The molecule has 0 saturated carbocycles. The molecule has 1 N–H and O–H groups in total. The van der Waals surface area contributed by atoms with Gasteiger partial charge in [0.15, 0.2) is 0 Å². The van der Waals surface area contributed by atoms with Gasteiger partial charge in [-0.3, -0.25) is 18.7 Å². The summed E-state index contributed by atoms with van der Waals surface area (Å²) in [7, 11) is 0. The molecule has 1 aliphatic rings. The Morgan fingerprint density at radius 2 is 2.17 bits per heavy atom. The lowest BCUT2D eigenvalue weighted by Crippen LogP contribution is -2.29. The van der Waals surface area contributed by atoms with E-state index in [2.05, 4.69) is 20.5 Å². The van der Waals surface area contributed by atoms with E-state index in [0.29, 0.717) is 29.9 Å². The normalized spacial score (nSPS) is 13.4. The monoisotopic (exact) mass is 330 g/mol. The van der Waals surface area contributed by atoms with Crippen LogP contribution in [0, 0.1) is 0 Å². The summed E-state index contributed by atoms with van der Waals surface area (Å²) >= 11 is 1.38. The van der Waals surface area contributed by atoms with Gasteiger partial charge in [0.2, 0.25) is 5.82 Å². The van der Waals surface area contributed by atoms with Gasteiger partial charge in [0, 0.05) is 26.1 Å². The fourth-order valence-electron chi connectivity index (χ4n) is 2.70. The molecule has 0 atom stereocenters. The molecule has 0 aromatic carbocycles. The van der Waals surface area contributed by atoms with Crippen LogP contribution in [-0.2, 0) is 19.5 Å². The van der Waals surface area contributed by atoms with Gasteiger partial charge in [-0.25, -0.2) is 4.98 Å². The third-order valence-electron chi connectivity index (χ3n) is 3.89. The van der Waals surface area contributed by atoms with Gasteiger partial charge >= 0.3 is 0 Å². The predicted molar refractivity (Wildman–Crippen MR) is 87.0 cm³/mol. The minimum absolute atomic E-state index is 0.0661. The fourth-order valence-corrected chi connectivity index (χ4v) is 3.50. The zero-order valence-corrected chi connectivity index (χ0v) is 13.0. The lowest BCUT2D eigenvalue weighted by molar-refractivity contribution is 0.673. The molecule has 1 aliphatic heterocycles. The van der Waals surface area contributed by atoms with E-state index in [1.54, 1.807) is 4.57 Å². The van der Waals surface area contributed by atoms with E-state index in [9.17, 15) is 9.59 Å². The van der Waals surface area contributed by atoms with Gasteiger partial charge in [-0.15, -0.1) is 21.5 Å². The van der Waals surface area contributed by atoms with Crippen molar-refractivity contribution < 1.29 is 0 Å². The molecule has 3 aromatic rings. The van der Waals surface area contributed by atoms with Crippen molar-refractivity contribution >= 4 is 27.4 Å². The maximum Gasteiger partial charge on any atom is 0.296 e. The summed E-state index contributed by atoms with van der Waals surface area (Å²) in [6.45, 7) is 1.50. The van der Waals surface area contributed by atoms with Crippen LogP contribution in [0.25, 0.3) is 10.2 Å². The Hall–Kier alpha value is -2.55. The number of rotatable bonds is 4. The number of aryl methyl sites for hydroxylation is 1. The molecule has 0 unspecified atom stereocenters. The Morgan fingerprint density at radius 3 is 3.09 bits per heavy atom. The molecule has 3 aromatic heterocycles. The number of nitrogens with one attached hydrogen (secondary N) is 1. The van der Waals surface area contributed by atoms with Crippen LogP contribution in [0.2, 0.25) is 0 Å². The predicted octanol–water partition coefficient (Wildman–Crippen LogP) is 0.468. The van der Waals surface area contributed by atoms with Crippen molar-refractivity contribution in [2.75, 3.05) is 11.9 Å². The first kappa shape index (κ1) is 14.1. The number of thiophene rings is 1. The highest BCUT2D eigenvalue weighted by molar-refractivity contribution is 7.17. The summed E-state index contributed by atoms with van der Waals surface area (Å²) in [6, 6.07) is 1.82. The minimum atomic E-state index is -0.147. The zero-order chi connectivity index (χ0) is 15.8. The highest BCUT2D eigenvalue weighted by atomic mass is 32.1. The molecule has 9 heteroatoms. The maximum atomic E-state index is 12.3. The Morgan fingerprint density at radius 1 is 1.26 bits per heavy atom. The molecule has 0 spiro atoms. The molecule has 0 amide bonds. The topological polar surface area (TPSA) is 94.7 Å². The number of nitrogens with zero attached hydrogens (tertiary/aromatic N) is 5. The van der Waals surface area contributed by atoms with E-state index >= 15 is 0 Å². The van der Waals surface area contributed by atoms with Crippen molar-refractivity contribution in [3.63, 3.8) is 0 Å². The van der Waals surface area contributed by atoms with Crippen molar-refractivity contribution in [3.05, 3.63) is 44.3 Å². The van der Waals surface area contributed by atoms with Crippen LogP contribution in [0.4, 0.5) is 5.82 Å². The summed E-state index contributed by atoms with van der Waals surface area (Å²) in [5, 5.41) is 12.8. The quantitative estimate of drug-likeness (QED) is 0.747. The van der Waals surface area contributed by atoms with Crippen molar-refractivity contribution in [1.29, 1.82) is 0 Å². The van der Waals surface area contributed by atoms with Crippen LogP contribution >= 0.6 is 11.3 Å². The summed E-state index contributed by atoms with van der Waals surface area (Å²) < 4.78 is 3.83. The van der Waals surface area contributed by atoms with Gasteiger partial charge in [-0.2, -0.15) is 0 Å². The van der Waals surface area contributed by atoms with E-state index in [0.717, 1.165) is 18.7 Å². The molecule has 0 fully saturated rings. The second-order valence-electron chi connectivity index (χ2n) is 5.33. The first-order valence-corrected chi connectivity index (χ1v) is 8.25. The molecule has 4 heterocycles. The Bertz CT molecular complexity index is 989. The lowest BCUT2D eigenvalue weighted by atomic mass is 10.4. The highest BCUT2D eigenvalue weighted by Crippen LogP contribution is 2.13. The van der Waals surface area contributed by atoms with E-state index in [4.69, 9.17) is 0 Å². The maximum absolute atomic E-state index is 12.3. The van der Waals surface area contributed by atoms with Crippen LogP contribution in [0.15, 0.2) is 27.4 Å². The summed E-state index contributed by atoms with van der Waals surface area (Å²) in [4.78, 5) is 28.7. The molecular formula is C14H14N6O2S. The first-order valence-electron chi connectivity index (χ1n) is 7.37. The SMILES string of the molecule is O=c1c2sccc2ncn1CCNc1nnc2n(c1=O)CCC2. The van der Waals surface area contributed by atoms with Crippen molar-refractivity contribution in [2.45, 2.75) is 25.9 Å². The van der Waals surface area contributed by atoms with E-state index < -0.39 is 0 Å². The number of anilines is 1. The number of fused-ring (bicyclic) bond motifs is 2. The molecule has 0 aliphatic carbocycles. The first-order chi connectivity index (χ1) is 11.2. The third kappa shape index (κ3) is 2.42. The molecule has 23 heavy (non-hydrogen) atoms. The minimum Gasteiger partial charge on any atom is -0.362 e. The number of hydrogen-bond acceptors (Lipinski definition) is 7. The van der Waals surface area contributed by atoms with Crippen molar-refractivity contribution in [3.8, 4) is 0 Å². The molecule has 0 bridgehead atoms. The Balaban J connectivity index is 1.50. The second kappa shape index (κ2) is 5.58. The van der Waals surface area contributed by atoms with Crippen LogP contribution in [0.1, 0.15) is 12.2 Å². The number of hydrogen-bond donors (Lipinski definition) is 1. The Labute approximate surface area is 134 Å². The summed E-state index contributed by atoms with van der Waals surface area (Å²) in [5.41, 5.74) is 0.502. The van der Waals surface area contributed by atoms with Gasteiger partial charge in [0.25, 0.3) is 11.1 Å². The molecule has 8 nitrogen and oxygen atoms in total. The lowest BCUT2D eigenvalue weighted by Gasteiger charge is -2.08. The van der Waals surface area contributed by atoms with Crippen LogP contribution < -0.4 is 16.4 Å². The summed E-state index contributed by atoms with van der Waals surface area (Å²) in [5.74, 6) is 0.970. The molecular weight excluding hydrogens is 316 g/mol. The number of aromatic nitrogens is 5. The average molecular weight is 330 g/mol. The smallest absolute Gasteiger partial charge is 0.296 e. The standard InChI is InChI=1S/C14H14N6O2S/c21-13-11-9(3-7-23-11)16-8-19(13)6-4-15-12-14(22)20-5-1-2-10(20)17-18-12/h3,7-8H,1-2,4-6H2,(H,15,18). The third-order valence-corrected chi connectivity index (χ3v) is 4.78. The van der Waals surface area contributed by atoms with Crippen LogP contribution in [0.3, 0.4) is 0 Å². The highest BCUT2D eigenvalue weighted by Gasteiger charge is 2.16. The van der Waals surface area contributed by atoms with Crippen molar-refractivity contribution in [2.24, 2.45) is 0 Å². The van der Waals surface area contributed by atoms with Crippen LogP contribution in [-0.4, -0.2) is 30.9 Å². The summed E-state index contributed by atoms with van der Waals surface area (Å²) in [6.07, 6.45) is 3.25. The van der Waals surface area contributed by atoms with Crippen LogP contribution in [0.5, 0.6) is 0 Å². The molecule has 4 rings (SSSR count). The van der Waals surface area contributed by atoms with Gasteiger partial charge in [-0.1, -0.05) is 0 Å². The molecule has 118 valence electrons. The molecule has 0 saturated heterocycles.